The van der Waals surface area contributed by atoms with E-state index in [0.717, 1.165) is 0 Å². The molecule has 1 aliphatic heterocycles. The summed E-state index contributed by atoms with van der Waals surface area (Å²) in [7, 11) is 0. The molecule has 0 amide bonds. The summed E-state index contributed by atoms with van der Waals surface area (Å²) in [6.45, 7) is 0.641. The van der Waals surface area contributed by atoms with Crippen molar-refractivity contribution in [1.82, 2.24) is 5.01 Å². The highest BCUT2D eigenvalue weighted by atomic mass is 35.5. The van der Waals surface area contributed by atoms with Gasteiger partial charge in [0.25, 0.3) is 0 Å². The smallest absolute Gasteiger partial charge is 0.128 e. The highest BCUT2D eigenvalue weighted by molar-refractivity contribution is 6.29. The van der Waals surface area contributed by atoms with Crippen molar-refractivity contribution in [3.05, 3.63) is 11.2 Å². The Morgan fingerprint density at radius 3 is 3.00 bits per heavy atom. The molecular formula is C4H6ClN3. The predicted octanol–water partition coefficient (Wildman–Crippen LogP) is 0.284. The maximum atomic E-state index is 5.46. The third-order valence-electron chi connectivity index (χ3n) is 0.800. The Bertz CT molecular complexity index is 140. The Balaban J connectivity index is 2.58. The van der Waals surface area contributed by atoms with Crippen LogP contribution in [0.3, 0.4) is 0 Å². The molecule has 1 aliphatic rings. The van der Waals surface area contributed by atoms with Crippen LogP contribution in [-0.2, 0) is 0 Å². The van der Waals surface area contributed by atoms with Gasteiger partial charge in [0.2, 0.25) is 0 Å². The van der Waals surface area contributed by atoms with E-state index in [-0.39, 0.29) is 0 Å². The Labute approximate surface area is 52.4 Å². The number of nitrogens with two attached hydrogens (primary N) is 1. The summed E-state index contributed by atoms with van der Waals surface area (Å²) in [6.07, 6.45) is 3.23. The fraction of sp³-hybridized carbons (Fsp3) is 0.250. The minimum Gasteiger partial charge on any atom is -0.297 e. The Kier molecular flexibility index (Phi) is 1.50. The molecule has 0 saturated carbocycles. The molecule has 8 heavy (non-hydrogen) atoms. The molecule has 0 aliphatic carbocycles. The second-order valence-electron chi connectivity index (χ2n) is 1.47. The van der Waals surface area contributed by atoms with E-state index in [1.807, 2.05) is 0 Å². The quantitative estimate of drug-likeness (QED) is 0.379. The lowest BCUT2D eigenvalue weighted by Crippen LogP contribution is -2.31. The Hall–Kier alpha value is -0.540. The SMILES string of the molecule is NN1C=NC(Cl)=CC1. The van der Waals surface area contributed by atoms with E-state index in [2.05, 4.69) is 4.99 Å². The zero-order chi connectivity index (χ0) is 5.98. The topological polar surface area (TPSA) is 41.6 Å². The first-order valence-corrected chi connectivity index (χ1v) is 2.58. The average molecular weight is 132 g/mol. The Morgan fingerprint density at radius 2 is 2.62 bits per heavy atom. The predicted molar refractivity (Wildman–Crippen MR) is 33.3 cm³/mol. The van der Waals surface area contributed by atoms with Crippen LogP contribution in [0.2, 0.25) is 0 Å². The molecular weight excluding hydrogens is 126 g/mol. The monoisotopic (exact) mass is 131 g/mol. The van der Waals surface area contributed by atoms with Crippen LogP contribution in [0, 0.1) is 0 Å². The molecule has 0 fully saturated rings. The maximum Gasteiger partial charge on any atom is 0.128 e. The molecule has 0 aromatic heterocycles. The summed E-state index contributed by atoms with van der Waals surface area (Å²) in [6, 6.07) is 0. The van der Waals surface area contributed by atoms with E-state index in [1.165, 1.54) is 11.3 Å². The summed E-state index contributed by atoms with van der Waals surface area (Å²) in [4.78, 5) is 3.71. The second-order valence-corrected chi connectivity index (χ2v) is 1.86. The number of halogens is 1. The van der Waals surface area contributed by atoms with Gasteiger partial charge in [-0.25, -0.2) is 10.8 Å². The third kappa shape index (κ3) is 1.21. The van der Waals surface area contributed by atoms with E-state index in [4.69, 9.17) is 17.4 Å². The lowest BCUT2D eigenvalue weighted by Gasteiger charge is -2.11. The van der Waals surface area contributed by atoms with Crippen LogP contribution in [-0.4, -0.2) is 17.9 Å². The van der Waals surface area contributed by atoms with Crippen molar-refractivity contribution < 1.29 is 0 Å². The van der Waals surface area contributed by atoms with Gasteiger partial charge < -0.3 is 0 Å². The van der Waals surface area contributed by atoms with Crippen LogP contribution in [0.15, 0.2) is 16.2 Å². The van der Waals surface area contributed by atoms with Crippen LogP contribution in [0.25, 0.3) is 0 Å². The lowest BCUT2D eigenvalue weighted by molar-refractivity contribution is 0.498. The zero-order valence-corrected chi connectivity index (χ0v) is 4.97. The number of hydrazine groups is 1. The van der Waals surface area contributed by atoms with E-state index < -0.39 is 0 Å². The van der Waals surface area contributed by atoms with Gasteiger partial charge in [-0.2, -0.15) is 0 Å². The summed E-state index contributed by atoms with van der Waals surface area (Å²) in [5.41, 5.74) is 0. The lowest BCUT2D eigenvalue weighted by atomic mass is 10.5. The maximum absolute atomic E-state index is 5.46. The summed E-state index contributed by atoms with van der Waals surface area (Å²) in [5, 5.41) is 1.96. The first-order valence-electron chi connectivity index (χ1n) is 2.20. The van der Waals surface area contributed by atoms with Crippen molar-refractivity contribution in [2.45, 2.75) is 0 Å². The molecule has 4 heteroatoms. The second kappa shape index (κ2) is 2.15. The highest BCUT2D eigenvalue weighted by Gasteiger charge is 1.96. The molecule has 3 nitrogen and oxygen atoms in total. The van der Waals surface area contributed by atoms with E-state index in [9.17, 15) is 0 Å². The van der Waals surface area contributed by atoms with E-state index >= 15 is 0 Å². The minimum atomic E-state index is 0.506. The third-order valence-corrected chi connectivity index (χ3v) is 1.05. The van der Waals surface area contributed by atoms with Crippen molar-refractivity contribution in [2.24, 2.45) is 10.8 Å². The van der Waals surface area contributed by atoms with Crippen LogP contribution in [0.4, 0.5) is 0 Å². The number of nitrogens with zero attached hydrogens (tertiary/aromatic N) is 2. The summed E-state index contributed by atoms with van der Waals surface area (Å²) < 4.78 is 0. The summed E-state index contributed by atoms with van der Waals surface area (Å²) in [5.74, 6) is 5.28. The highest BCUT2D eigenvalue weighted by Crippen LogP contribution is 2.04. The summed E-state index contributed by atoms with van der Waals surface area (Å²) >= 11 is 5.46. The number of rotatable bonds is 0. The van der Waals surface area contributed by atoms with Gasteiger partial charge in [-0.1, -0.05) is 11.6 Å². The standard InChI is InChI=1S/C4H6ClN3/c5-4-1-2-8(6)3-7-4/h1,3H,2,6H2. The van der Waals surface area contributed by atoms with Gasteiger partial charge >= 0.3 is 0 Å². The van der Waals surface area contributed by atoms with Crippen LogP contribution in [0.5, 0.6) is 0 Å². The molecule has 0 radical (unpaired) electrons. The van der Waals surface area contributed by atoms with Gasteiger partial charge in [0.15, 0.2) is 0 Å². The van der Waals surface area contributed by atoms with Crippen molar-refractivity contribution >= 4 is 17.9 Å². The van der Waals surface area contributed by atoms with Crippen molar-refractivity contribution in [3.8, 4) is 0 Å². The molecule has 44 valence electrons. The van der Waals surface area contributed by atoms with Crippen molar-refractivity contribution in [3.63, 3.8) is 0 Å². The first kappa shape index (κ1) is 5.59. The van der Waals surface area contributed by atoms with Crippen molar-refractivity contribution in [2.75, 3.05) is 6.54 Å². The largest absolute Gasteiger partial charge is 0.297 e. The molecule has 0 aromatic rings. The van der Waals surface area contributed by atoms with Gasteiger partial charge in [-0.05, 0) is 6.08 Å². The fourth-order valence-corrected chi connectivity index (χ4v) is 0.523. The van der Waals surface area contributed by atoms with Crippen molar-refractivity contribution in [1.29, 1.82) is 0 Å². The van der Waals surface area contributed by atoms with Crippen LogP contribution < -0.4 is 5.84 Å². The van der Waals surface area contributed by atoms with Gasteiger partial charge in [-0.15, -0.1) is 0 Å². The molecule has 0 saturated heterocycles. The van der Waals surface area contributed by atoms with E-state index in [0.29, 0.717) is 11.7 Å². The normalized spacial score (nSPS) is 18.8. The van der Waals surface area contributed by atoms with Crippen LogP contribution in [0.1, 0.15) is 0 Å². The average Bonchev–Trinajstić information content (AvgIpc) is 1.77. The zero-order valence-electron chi connectivity index (χ0n) is 4.21. The van der Waals surface area contributed by atoms with E-state index in [1.54, 1.807) is 6.08 Å². The van der Waals surface area contributed by atoms with Gasteiger partial charge in [0, 0.05) is 0 Å². The number of hydrogen-bond acceptors (Lipinski definition) is 3. The molecule has 2 N–H and O–H groups in total. The fourth-order valence-electron chi connectivity index (χ4n) is 0.410. The number of hydrogen-bond donors (Lipinski definition) is 1. The molecule has 0 bridgehead atoms. The molecule has 1 rings (SSSR count). The van der Waals surface area contributed by atoms with Gasteiger partial charge in [0.05, 0.1) is 6.54 Å². The molecule has 0 unspecified atom stereocenters. The molecule has 1 heterocycles. The van der Waals surface area contributed by atoms with Gasteiger partial charge in [0.1, 0.15) is 11.5 Å². The van der Waals surface area contributed by atoms with Gasteiger partial charge in [-0.3, -0.25) is 5.01 Å². The molecule has 0 aromatic carbocycles. The number of aliphatic imine (C=N–C) groups is 1. The molecule has 0 atom stereocenters. The molecule has 0 spiro atoms. The first-order chi connectivity index (χ1) is 3.79. The Morgan fingerprint density at radius 1 is 1.88 bits per heavy atom. The van der Waals surface area contributed by atoms with Crippen LogP contribution >= 0.6 is 11.6 Å². The minimum absolute atomic E-state index is 0.506.